The summed E-state index contributed by atoms with van der Waals surface area (Å²) in [7, 11) is 0. The van der Waals surface area contributed by atoms with Crippen molar-refractivity contribution in [1.29, 1.82) is 0 Å². The lowest BCUT2D eigenvalue weighted by molar-refractivity contribution is 0.931. The van der Waals surface area contributed by atoms with E-state index < -0.39 is 0 Å². The quantitative estimate of drug-likeness (QED) is 0.657. The van der Waals surface area contributed by atoms with E-state index >= 15 is 0 Å². The average Bonchev–Trinajstić information content (AvgIpc) is 3.02. The fraction of sp³-hybridized carbons (Fsp3) is 0.158. The van der Waals surface area contributed by atoms with Crippen molar-refractivity contribution >= 4 is 46.3 Å². The van der Waals surface area contributed by atoms with Crippen LogP contribution in [0.1, 0.15) is 11.3 Å². The largest absolute Gasteiger partial charge is 0.340 e. The molecular weight excluding hydrogens is 355 g/mol. The van der Waals surface area contributed by atoms with Crippen LogP contribution in [0.3, 0.4) is 0 Å². The summed E-state index contributed by atoms with van der Waals surface area (Å²) in [6.45, 7) is 2.85. The number of aromatic nitrogens is 2. The van der Waals surface area contributed by atoms with E-state index in [1.54, 1.807) is 12.1 Å². The molecule has 1 aromatic heterocycles. The highest BCUT2D eigenvalue weighted by molar-refractivity contribution is 6.42. The van der Waals surface area contributed by atoms with Gasteiger partial charge in [-0.15, -0.1) is 0 Å². The van der Waals surface area contributed by atoms with Gasteiger partial charge in [-0.3, -0.25) is 0 Å². The summed E-state index contributed by atoms with van der Waals surface area (Å²) in [6, 6.07) is 15.7. The van der Waals surface area contributed by atoms with Gasteiger partial charge in [0.1, 0.15) is 5.82 Å². The van der Waals surface area contributed by atoms with Crippen molar-refractivity contribution in [3.8, 4) is 0 Å². The van der Waals surface area contributed by atoms with Crippen LogP contribution in [-0.2, 0) is 6.42 Å². The second kappa shape index (κ2) is 6.54. The van der Waals surface area contributed by atoms with Crippen molar-refractivity contribution in [2.45, 2.75) is 13.3 Å². The predicted molar refractivity (Wildman–Crippen MR) is 104 cm³/mol. The van der Waals surface area contributed by atoms with Crippen LogP contribution in [0.4, 0.5) is 23.1 Å². The molecule has 0 fully saturated rings. The highest BCUT2D eigenvalue weighted by atomic mass is 35.5. The first-order valence-corrected chi connectivity index (χ1v) is 8.79. The summed E-state index contributed by atoms with van der Waals surface area (Å²) in [5.74, 6) is 1.43. The van der Waals surface area contributed by atoms with E-state index in [2.05, 4.69) is 38.4 Å². The Labute approximate surface area is 156 Å². The molecule has 0 radical (unpaired) electrons. The van der Waals surface area contributed by atoms with Crippen LogP contribution in [-0.4, -0.2) is 16.5 Å². The molecule has 0 saturated carbocycles. The third-order valence-corrected chi connectivity index (χ3v) is 4.90. The Morgan fingerprint density at radius 3 is 2.68 bits per heavy atom. The van der Waals surface area contributed by atoms with Gasteiger partial charge >= 0.3 is 0 Å². The molecule has 1 aliphatic heterocycles. The predicted octanol–water partition coefficient (Wildman–Crippen LogP) is 5.53. The van der Waals surface area contributed by atoms with E-state index in [4.69, 9.17) is 23.2 Å². The Kier molecular flexibility index (Phi) is 4.24. The number of nitrogens with one attached hydrogen (secondary N) is 1. The van der Waals surface area contributed by atoms with Crippen molar-refractivity contribution < 1.29 is 0 Å². The number of hydrogen-bond acceptors (Lipinski definition) is 4. The average molecular weight is 371 g/mol. The number of para-hydroxylation sites is 1. The monoisotopic (exact) mass is 370 g/mol. The van der Waals surface area contributed by atoms with Gasteiger partial charge in [-0.05, 0) is 43.2 Å². The summed E-state index contributed by atoms with van der Waals surface area (Å²) in [5.41, 5.74) is 4.23. The molecule has 3 aromatic rings. The number of rotatable bonds is 3. The minimum atomic E-state index is 0.506. The molecule has 0 amide bonds. The zero-order valence-corrected chi connectivity index (χ0v) is 15.1. The first-order chi connectivity index (χ1) is 12.1. The Balaban J connectivity index is 1.66. The van der Waals surface area contributed by atoms with Crippen LogP contribution >= 0.6 is 23.2 Å². The molecule has 126 valence electrons. The van der Waals surface area contributed by atoms with Gasteiger partial charge in [0.2, 0.25) is 5.95 Å². The summed E-state index contributed by atoms with van der Waals surface area (Å²) < 4.78 is 0. The van der Waals surface area contributed by atoms with Gasteiger partial charge in [-0.2, -0.15) is 4.98 Å². The van der Waals surface area contributed by atoms with E-state index in [0.717, 1.165) is 30.2 Å². The van der Waals surface area contributed by atoms with E-state index in [9.17, 15) is 0 Å². The zero-order valence-electron chi connectivity index (χ0n) is 13.6. The lowest BCUT2D eigenvalue weighted by atomic mass is 10.2. The van der Waals surface area contributed by atoms with Crippen LogP contribution in [0.2, 0.25) is 10.0 Å². The standard InChI is InChI=1S/C19H16Cl2N4/c1-12-10-18(23-14-6-7-15(20)16(21)11-14)24-19(22-12)25-9-8-13-4-2-3-5-17(13)25/h2-7,10-11H,8-9H2,1H3,(H,22,23,24). The smallest absolute Gasteiger partial charge is 0.232 e. The number of benzene rings is 2. The Morgan fingerprint density at radius 2 is 1.84 bits per heavy atom. The molecule has 2 aromatic carbocycles. The molecule has 1 N–H and O–H groups in total. The van der Waals surface area contributed by atoms with Crippen molar-refractivity contribution in [2.75, 3.05) is 16.8 Å². The third kappa shape index (κ3) is 3.28. The Morgan fingerprint density at radius 1 is 1.00 bits per heavy atom. The SMILES string of the molecule is Cc1cc(Nc2ccc(Cl)c(Cl)c2)nc(N2CCc3ccccc32)n1. The van der Waals surface area contributed by atoms with E-state index in [1.165, 1.54) is 11.3 Å². The molecule has 0 aliphatic carbocycles. The van der Waals surface area contributed by atoms with Crippen molar-refractivity contribution in [3.63, 3.8) is 0 Å². The number of aryl methyl sites for hydroxylation is 1. The topological polar surface area (TPSA) is 41.1 Å². The van der Waals surface area contributed by atoms with Crippen LogP contribution < -0.4 is 10.2 Å². The first kappa shape index (κ1) is 16.2. The van der Waals surface area contributed by atoms with Crippen LogP contribution in [0.5, 0.6) is 0 Å². The fourth-order valence-electron chi connectivity index (χ4n) is 3.01. The van der Waals surface area contributed by atoms with Gasteiger partial charge in [0.05, 0.1) is 10.0 Å². The number of anilines is 4. The molecule has 0 unspecified atom stereocenters. The van der Waals surface area contributed by atoms with E-state index in [0.29, 0.717) is 16.0 Å². The molecule has 0 atom stereocenters. The van der Waals surface area contributed by atoms with Crippen molar-refractivity contribution in [1.82, 2.24) is 9.97 Å². The minimum absolute atomic E-state index is 0.506. The maximum atomic E-state index is 6.09. The van der Waals surface area contributed by atoms with Crippen molar-refractivity contribution in [3.05, 3.63) is 69.8 Å². The normalized spacial score (nSPS) is 13.0. The second-order valence-electron chi connectivity index (χ2n) is 5.98. The fourth-order valence-corrected chi connectivity index (χ4v) is 3.30. The Bertz CT molecular complexity index is 942. The van der Waals surface area contributed by atoms with Crippen LogP contribution in [0.15, 0.2) is 48.5 Å². The highest BCUT2D eigenvalue weighted by Gasteiger charge is 2.22. The molecule has 1 aliphatic rings. The maximum Gasteiger partial charge on any atom is 0.232 e. The zero-order chi connectivity index (χ0) is 17.4. The van der Waals surface area contributed by atoms with Crippen LogP contribution in [0, 0.1) is 6.92 Å². The molecule has 2 heterocycles. The number of hydrogen-bond donors (Lipinski definition) is 1. The van der Waals surface area contributed by atoms with Gasteiger partial charge < -0.3 is 10.2 Å². The number of fused-ring (bicyclic) bond motifs is 1. The Hall–Kier alpha value is -2.30. The lowest BCUT2D eigenvalue weighted by Crippen LogP contribution is -2.17. The lowest BCUT2D eigenvalue weighted by Gasteiger charge is -2.18. The van der Waals surface area contributed by atoms with Gasteiger partial charge in [0.15, 0.2) is 0 Å². The van der Waals surface area contributed by atoms with Crippen molar-refractivity contribution in [2.24, 2.45) is 0 Å². The van der Waals surface area contributed by atoms with Crippen LogP contribution in [0.25, 0.3) is 0 Å². The molecule has 6 heteroatoms. The van der Waals surface area contributed by atoms with Gasteiger partial charge in [-0.1, -0.05) is 41.4 Å². The minimum Gasteiger partial charge on any atom is -0.340 e. The molecule has 0 spiro atoms. The van der Waals surface area contributed by atoms with Gasteiger partial charge in [-0.25, -0.2) is 4.98 Å². The summed E-state index contributed by atoms with van der Waals surface area (Å²) in [6.07, 6.45) is 1.00. The maximum absolute atomic E-state index is 6.09. The number of nitrogens with zero attached hydrogens (tertiary/aromatic N) is 3. The van der Waals surface area contributed by atoms with Gasteiger partial charge in [0.25, 0.3) is 0 Å². The molecule has 25 heavy (non-hydrogen) atoms. The molecule has 0 bridgehead atoms. The van der Waals surface area contributed by atoms with E-state index in [-0.39, 0.29) is 0 Å². The third-order valence-electron chi connectivity index (χ3n) is 4.16. The molecule has 4 nitrogen and oxygen atoms in total. The molecular formula is C19H16Cl2N4. The summed E-state index contributed by atoms with van der Waals surface area (Å²) >= 11 is 12.1. The first-order valence-electron chi connectivity index (χ1n) is 8.03. The van der Waals surface area contributed by atoms with E-state index in [1.807, 2.05) is 25.1 Å². The summed E-state index contributed by atoms with van der Waals surface area (Å²) in [5, 5.41) is 4.31. The molecule has 0 saturated heterocycles. The van der Waals surface area contributed by atoms with Gasteiger partial charge in [0, 0.05) is 29.7 Å². The number of halogens is 2. The highest BCUT2D eigenvalue weighted by Crippen LogP contribution is 2.33. The second-order valence-corrected chi connectivity index (χ2v) is 6.79. The molecule has 4 rings (SSSR count). The summed E-state index contributed by atoms with van der Waals surface area (Å²) in [4.78, 5) is 11.5.